The first-order valence-corrected chi connectivity index (χ1v) is 5.54. The Kier molecular flexibility index (Phi) is 4.65. The van der Waals surface area contributed by atoms with Gasteiger partial charge in [0.15, 0.2) is 0 Å². The van der Waals surface area contributed by atoms with Crippen LogP contribution in [-0.2, 0) is 0 Å². The van der Waals surface area contributed by atoms with Crippen LogP contribution < -0.4 is 0 Å². The Balaban J connectivity index is 2.49. The normalized spacial score (nSPS) is 13.4. The number of hydrogen-bond donors (Lipinski definition) is 1. The van der Waals surface area contributed by atoms with Gasteiger partial charge in [-0.15, -0.1) is 11.8 Å². The largest absolute Gasteiger partial charge is 0.388 e. The van der Waals surface area contributed by atoms with E-state index in [4.69, 9.17) is 0 Å². The molecule has 1 unspecified atom stereocenters. The highest BCUT2D eigenvalue weighted by Crippen LogP contribution is 2.16. The molecular weight excluding hydrogens is 180 g/mol. The van der Waals surface area contributed by atoms with Crippen molar-refractivity contribution in [3.63, 3.8) is 0 Å². The van der Waals surface area contributed by atoms with Crippen molar-refractivity contribution in [3.05, 3.63) is 47.4 Å². The number of aliphatic hydroxyl groups excluding tert-OH is 1. The monoisotopic (exact) mass is 194 g/mol. The summed E-state index contributed by atoms with van der Waals surface area (Å²) in [5.41, 5.74) is 0.980. The van der Waals surface area contributed by atoms with Gasteiger partial charge in [-0.05, 0) is 23.6 Å². The van der Waals surface area contributed by atoms with Crippen LogP contribution in [-0.4, -0.2) is 11.4 Å². The van der Waals surface area contributed by atoms with Crippen molar-refractivity contribution in [2.45, 2.75) is 12.5 Å². The lowest BCUT2D eigenvalue weighted by molar-refractivity contribution is 0.181. The van der Waals surface area contributed by atoms with E-state index in [2.05, 4.69) is 0 Å². The molecule has 0 fully saturated rings. The SMILES string of the molecule is CSC=CCC(O)c1ccccc1. The van der Waals surface area contributed by atoms with Gasteiger partial charge in [0.1, 0.15) is 0 Å². The molecule has 70 valence electrons. The van der Waals surface area contributed by atoms with Crippen LogP contribution in [0.5, 0.6) is 0 Å². The van der Waals surface area contributed by atoms with Gasteiger partial charge < -0.3 is 5.11 Å². The lowest BCUT2D eigenvalue weighted by Gasteiger charge is -2.06. The summed E-state index contributed by atoms with van der Waals surface area (Å²) in [7, 11) is 0. The van der Waals surface area contributed by atoms with Crippen molar-refractivity contribution >= 4 is 11.8 Å². The minimum absolute atomic E-state index is 0.371. The van der Waals surface area contributed by atoms with Crippen LogP contribution in [0.25, 0.3) is 0 Å². The molecule has 1 rings (SSSR count). The smallest absolute Gasteiger partial charge is 0.0824 e. The van der Waals surface area contributed by atoms with Gasteiger partial charge in [0, 0.05) is 0 Å². The fourth-order valence-corrected chi connectivity index (χ4v) is 1.40. The maximum Gasteiger partial charge on any atom is 0.0824 e. The van der Waals surface area contributed by atoms with Crippen LogP contribution in [0.4, 0.5) is 0 Å². The zero-order valence-corrected chi connectivity index (χ0v) is 8.50. The highest BCUT2D eigenvalue weighted by atomic mass is 32.2. The fraction of sp³-hybridized carbons (Fsp3) is 0.273. The second kappa shape index (κ2) is 5.84. The molecule has 2 heteroatoms. The van der Waals surface area contributed by atoms with Crippen LogP contribution >= 0.6 is 11.8 Å². The Morgan fingerprint density at radius 3 is 2.69 bits per heavy atom. The molecule has 1 N–H and O–H groups in total. The minimum atomic E-state index is -0.371. The molecule has 0 saturated heterocycles. The summed E-state index contributed by atoms with van der Waals surface area (Å²) in [6, 6.07) is 9.72. The predicted octanol–water partition coefficient (Wildman–Crippen LogP) is 2.99. The standard InChI is InChI=1S/C11H14OS/c1-13-9-5-8-11(12)10-6-3-2-4-7-10/h2-7,9,11-12H,8H2,1H3. The molecule has 0 spiro atoms. The Bertz CT molecular complexity index is 256. The van der Waals surface area contributed by atoms with Crippen molar-refractivity contribution in [2.75, 3.05) is 6.26 Å². The molecule has 0 heterocycles. The van der Waals surface area contributed by atoms with E-state index in [-0.39, 0.29) is 6.10 Å². The minimum Gasteiger partial charge on any atom is -0.388 e. The first-order chi connectivity index (χ1) is 6.34. The predicted molar refractivity (Wildman–Crippen MR) is 58.7 cm³/mol. The third kappa shape index (κ3) is 3.66. The molecule has 0 aliphatic rings. The molecule has 0 aliphatic heterocycles. The van der Waals surface area contributed by atoms with E-state index in [1.54, 1.807) is 11.8 Å². The molecule has 1 aromatic rings. The van der Waals surface area contributed by atoms with Crippen LogP contribution in [0.3, 0.4) is 0 Å². The summed E-state index contributed by atoms with van der Waals surface area (Å²) in [6.07, 6.45) is 4.31. The Labute approximate surface area is 83.5 Å². The van der Waals surface area contributed by atoms with E-state index in [0.717, 1.165) is 5.56 Å². The van der Waals surface area contributed by atoms with E-state index in [1.165, 1.54) is 0 Å². The third-order valence-electron chi connectivity index (χ3n) is 1.78. The van der Waals surface area contributed by atoms with Gasteiger partial charge in [-0.2, -0.15) is 0 Å². The number of rotatable bonds is 4. The van der Waals surface area contributed by atoms with Gasteiger partial charge in [0.05, 0.1) is 6.10 Å². The molecule has 0 radical (unpaired) electrons. The summed E-state index contributed by atoms with van der Waals surface area (Å²) in [4.78, 5) is 0. The van der Waals surface area contributed by atoms with Crippen molar-refractivity contribution < 1.29 is 5.11 Å². The van der Waals surface area contributed by atoms with E-state index in [9.17, 15) is 5.11 Å². The highest BCUT2D eigenvalue weighted by molar-refractivity contribution is 8.01. The number of benzene rings is 1. The molecule has 13 heavy (non-hydrogen) atoms. The molecule has 1 atom stereocenters. The van der Waals surface area contributed by atoms with E-state index < -0.39 is 0 Å². The number of aliphatic hydroxyl groups is 1. The molecule has 0 amide bonds. The van der Waals surface area contributed by atoms with Crippen LogP contribution in [0.2, 0.25) is 0 Å². The summed E-state index contributed by atoms with van der Waals surface area (Å²) in [5.74, 6) is 0. The summed E-state index contributed by atoms with van der Waals surface area (Å²) >= 11 is 1.65. The summed E-state index contributed by atoms with van der Waals surface area (Å²) in [5, 5.41) is 11.7. The molecular formula is C11H14OS. The van der Waals surface area contributed by atoms with Crippen LogP contribution in [0.1, 0.15) is 18.1 Å². The van der Waals surface area contributed by atoms with Crippen molar-refractivity contribution in [1.29, 1.82) is 0 Å². The number of hydrogen-bond acceptors (Lipinski definition) is 2. The van der Waals surface area contributed by atoms with E-state index >= 15 is 0 Å². The van der Waals surface area contributed by atoms with Crippen molar-refractivity contribution in [2.24, 2.45) is 0 Å². The zero-order chi connectivity index (χ0) is 9.52. The Morgan fingerprint density at radius 1 is 1.38 bits per heavy atom. The van der Waals surface area contributed by atoms with Crippen LogP contribution in [0, 0.1) is 0 Å². The van der Waals surface area contributed by atoms with Gasteiger partial charge in [-0.1, -0.05) is 36.4 Å². The lowest BCUT2D eigenvalue weighted by atomic mass is 10.1. The molecule has 0 bridgehead atoms. The van der Waals surface area contributed by atoms with Crippen molar-refractivity contribution in [3.8, 4) is 0 Å². The highest BCUT2D eigenvalue weighted by Gasteiger charge is 2.02. The molecule has 0 saturated carbocycles. The Hall–Kier alpha value is -0.730. The lowest BCUT2D eigenvalue weighted by Crippen LogP contribution is -1.94. The number of thioether (sulfide) groups is 1. The average Bonchev–Trinajstić information content (AvgIpc) is 2.19. The maximum atomic E-state index is 9.69. The molecule has 1 nitrogen and oxygen atoms in total. The molecule has 0 aromatic heterocycles. The fourth-order valence-electron chi connectivity index (χ4n) is 1.09. The first kappa shape index (κ1) is 10.4. The molecule has 0 aliphatic carbocycles. The second-order valence-electron chi connectivity index (χ2n) is 2.77. The van der Waals surface area contributed by atoms with E-state index in [0.29, 0.717) is 6.42 Å². The summed E-state index contributed by atoms with van der Waals surface area (Å²) in [6.45, 7) is 0. The van der Waals surface area contributed by atoms with Crippen LogP contribution in [0.15, 0.2) is 41.8 Å². The average molecular weight is 194 g/mol. The second-order valence-corrected chi connectivity index (χ2v) is 3.51. The van der Waals surface area contributed by atoms with Gasteiger partial charge in [0.2, 0.25) is 0 Å². The van der Waals surface area contributed by atoms with E-state index in [1.807, 2.05) is 48.1 Å². The van der Waals surface area contributed by atoms with Gasteiger partial charge >= 0.3 is 0 Å². The summed E-state index contributed by atoms with van der Waals surface area (Å²) < 4.78 is 0. The van der Waals surface area contributed by atoms with Crippen molar-refractivity contribution in [1.82, 2.24) is 0 Å². The van der Waals surface area contributed by atoms with Gasteiger partial charge in [0.25, 0.3) is 0 Å². The third-order valence-corrected chi connectivity index (χ3v) is 2.24. The maximum absolute atomic E-state index is 9.69. The molecule has 1 aromatic carbocycles. The first-order valence-electron chi connectivity index (χ1n) is 4.25. The quantitative estimate of drug-likeness (QED) is 0.795. The zero-order valence-electron chi connectivity index (χ0n) is 7.68. The van der Waals surface area contributed by atoms with Gasteiger partial charge in [-0.25, -0.2) is 0 Å². The topological polar surface area (TPSA) is 20.2 Å². The van der Waals surface area contributed by atoms with Gasteiger partial charge in [-0.3, -0.25) is 0 Å². The Morgan fingerprint density at radius 2 is 2.08 bits per heavy atom.